The largest absolute Gasteiger partial charge is 0.437 e. The van der Waals surface area contributed by atoms with Crippen LogP contribution in [0.15, 0.2) is 18.2 Å². The van der Waals surface area contributed by atoms with Gasteiger partial charge in [-0.3, -0.25) is 0 Å². The predicted molar refractivity (Wildman–Crippen MR) is 81.7 cm³/mol. The summed E-state index contributed by atoms with van der Waals surface area (Å²) in [7, 11) is 0. The quantitative estimate of drug-likeness (QED) is 0.908. The summed E-state index contributed by atoms with van der Waals surface area (Å²) in [5.74, 6) is 1.99. The number of ether oxygens (including phenoxy) is 1. The maximum atomic E-state index is 6.09. The number of hydrogen-bond donors (Lipinski definition) is 1. The second-order valence-corrected chi connectivity index (χ2v) is 5.23. The highest BCUT2D eigenvalue weighted by molar-refractivity contribution is 6.35. The Balaban J connectivity index is 2.37. The Bertz CT molecular complexity index is 632. The highest BCUT2D eigenvalue weighted by atomic mass is 35.5. The van der Waals surface area contributed by atoms with Gasteiger partial charge in [-0.15, -0.1) is 0 Å². The molecule has 0 fully saturated rings. The second-order valence-electron chi connectivity index (χ2n) is 4.38. The fourth-order valence-electron chi connectivity index (χ4n) is 1.66. The molecule has 1 aromatic carbocycles. The van der Waals surface area contributed by atoms with Crippen LogP contribution in [-0.4, -0.2) is 9.97 Å². The van der Waals surface area contributed by atoms with Crippen LogP contribution in [0.1, 0.15) is 24.7 Å². The van der Waals surface area contributed by atoms with E-state index in [2.05, 4.69) is 16.9 Å². The van der Waals surface area contributed by atoms with Gasteiger partial charge in [0.1, 0.15) is 17.4 Å². The first-order valence-electron chi connectivity index (χ1n) is 6.27. The van der Waals surface area contributed by atoms with Crippen molar-refractivity contribution in [2.75, 3.05) is 5.73 Å². The standard InChI is InChI=1S/C14H15Cl2N3O/c1-3-4-12-18-13(17)8(2)14(19-12)20-11-6-5-9(15)7-10(11)16/h5-7H,3-4H2,1-2H3,(H2,17,18,19). The van der Waals surface area contributed by atoms with E-state index >= 15 is 0 Å². The van der Waals surface area contributed by atoms with E-state index in [1.807, 2.05) is 6.92 Å². The van der Waals surface area contributed by atoms with Gasteiger partial charge >= 0.3 is 0 Å². The minimum atomic E-state index is 0.420. The van der Waals surface area contributed by atoms with Crippen molar-refractivity contribution in [3.05, 3.63) is 39.6 Å². The summed E-state index contributed by atoms with van der Waals surface area (Å²) < 4.78 is 5.74. The van der Waals surface area contributed by atoms with Gasteiger partial charge in [0.15, 0.2) is 0 Å². The number of aryl methyl sites for hydroxylation is 1. The van der Waals surface area contributed by atoms with Gasteiger partial charge in [-0.2, -0.15) is 4.98 Å². The molecule has 0 saturated heterocycles. The zero-order chi connectivity index (χ0) is 14.7. The van der Waals surface area contributed by atoms with Crippen LogP contribution in [0.4, 0.5) is 5.82 Å². The average Bonchev–Trinajstić information content (AvgIpc) is 2.39. The number of anilines is 1. The molecule has 0 radical (unpaired) electrons. The Morgan fingerprint density at radius 1 is 1.25 bits per heavy atom. The molecule has 6 heteroatoms. The normalized spacial score (nSPS) is 10.6. The summed E-state index contributed by atoms with van der Waals surface area (Å²) in [4.78, 5) is 8.61. The van der Waals surface area contributed by atoms with E-state index in [-0.39, 0.29) is 0 Å². The first kappa shape index (κ1) is 14.9. The molecule has 0 amide bonds. The molecule has 2 aromatic rings. The first-order chi connectivity index (χ1) is 9.51. The van der Waals surface area contributed by atoms with Gasteiger partial charge in [0.25, 0.3) is 0 Å². The van der Waals surface area contributed by atoms with Crippen molar-refractivity contribution in [2.24, 2.45) is 0 Å². The average molecular weight is 312 g/mol. The van der Waals surface area contributed by atoms with E-state index in [1.165, 1.54) is 0 Å². The van der Waals surface area contributed by atoms with Crippen LogP contribution in [0.3, 0.4) is 0 Å². The highest BCUT2D eigenvalue weighted by Crippen LogP contribution is 2.33. The van der Waals surface area contributed by atoms with Crippen molar-refractivity contribution >= 4 is 29.0 Å². The lowest BCUT2D eigenvalue weighted by Gasteiger charge is -2.12. The molecule has 0 aliphatic heterocycles. The van der Waals surface area contributed by atoms with Crippen LogP contribution in [0.2, 0.25) is 10.0 Å². The molecule has 2 N–H and O–H groups in total. The van der Waals surface area contributed by atoms with Crippen molar-refractivity contribution in [3.63, 3.8) is 0 Å². The van der Waals surface area contributed by atoms with Crippen molar-refractivity contribution in [1.82, 2.24) is 9.97 Å². The van der Waals surface area contributed by atoms with Gasteiger partial charge in [-0.1, -0.05) is 30.1 Å². The molecule has 106 valence electrons. The van der Waals surface area contributed by atoms with E-state index in [1.54, 1.807) is 18.2 Å². The summed E-state index contributed by atoms with van der Waals surface area (Å²) >= 11 is 11.9. The third-order valence-corrected chi connectivity index (χ3v) is 3.29. The molecule has 0 atom stereocenters. The number of nitrogens with zero attached hydrogens (tertiary/aromatic N) is 2. The number of rotatable bonds is 4. The Labute approximate surface area is 127 Å². The number of hydrogen-bond acceptors (Lipinski definition) is 4. The molecule has 1 heterocycles. The zero-order valence-corrected chi connectivity index (χ0v) is 12.8. The van der Waals surface area contributed by atoms with Crippen LogP contribution in [0, 0.1) is 6.92 Å². The summed E-state index contributed by atoms with van der Waals surface area (Å²) in [6, 6.07) is 5.02. The molecule has 20 heavy (non-hydrogen) atoms. The number of nitrogens with two attached hydrogens (primary N) is 1. The third-order valence-electron chi connectivity index (χ3n) is 2.76. The molecule has 0 aliphatic rings. The van der Waals surface area contributed by atoms with Crippen molar-refractivity contribution in [1.29, 1.82) is 0 Å². The van der Waals surface area contributed by atoms with Gasteiger partial charge in [-0.25, -0.2) is 4.98 Å². The highest BCUT2D eigenvalue weighted by Gasteiger charge is 2.12. The van der Waals surface area contributed by atoms with Gasteiger partial charge in [0.2, 0.25) is 5.88 Å². The molecule has 0 unspecified atom stereocenters. The van der Waals surface area contributed by atoms with Crippen LogP contribution >= 0.6 is 23.2 Å². The molecule has 4 nitrogen and oxygen atoms in total. The lowest BCUT2D eigenvalue weighted by atomic mass is 10.3. The van der Waals surface area contributed by atoms with Gasteiger partial charge in [0, 0.05) is 11.4 Å². The topological polar surface area (TPSA) is 61.0 Å². The van der Waals surface area contributed by atoms with E-state index < -0.39 is 0 Å². The Morgan fingerprint density at radius 2 is 2.00 bits per heavy atom. The number of aromatic nitrogens is 2. The minimum Gasteiger partial charge on any atom is -0.437 e. The fourth-order valence-corrected chi connectivity index (χ4v) is 2.10. The van der Waals surface area contributed by atoms with Crippen LogP contribution < -0.4 is 10.5 Å². The minimum absolute atomic E-state index is 0.420. The molecule has 0 saturated carbocycles. The van der Waals surface area contributed by atoms with Crippen LogP contribution in [-0.2, 0) is 6.42 Å². The van der Waals surface area contributed by atoms with E-state index in [4.69, 9.17) is 33.7 Å². The smallest absolute Gasteiger partial charge is 0.227 e. The summed E-state index contributed by atoms with van der Waals surface area (Å²) in [5.41, 5.74) is 6.57. The predicted octanol–water partition coefficient (Wildman–Crippen LogP) is 4.42. The number of nitrogen functional groups attached to an aromatic ring is 1. The number of benzene rings is 1. The summed E-state index contributed by atoms with van der Waals surface area (Å²) in [6.45, 7) is 3.86. The zero-order valence-electron chi connectivity index (χ0n) is 11.3. The number of halogens is 2. The molecule has 2 rings (SSSR count). The van der Waals surface area contributed by atoms with E-state index in [0.717, 1.165) is 12.8 Å². The summed E-state index contributed by atoms with van der Waals surface area (Å²) in [6.07, 6.45) is 1.68. The third kappa shape index (κ3) is 3.32. The van der Waals surface area contributed by atoms with Crippen molar-refractivity contribution < 1.29 is 4.74 Å². The molecule has 0 aliphatic carbocycles. The summed E-state index contributed by atoms with van der Waals surface area (Å²) in [5, 5.41) is 0.971. The molecule has 0 spiro atoms. The van der Waals surface area contributed by atoms with Crippen molar-refractivity contribution in [3.8, 4) is 11.6 Å². The molecule has 0 bridgehead atoms. The van der Waals surface area contributed by atoms with E-state index in [0.29, 0.717) is 38.9 Å². The van der Waals surface area contributed by atoms with Crippen LogP contribution in [0.25, 0.3) is 0 Å². The van der Waals surface area contributed by atoms with Gasteiger partial charge in [0.05, 0.1) is 10.6 Å². The van der Waals surface area contributed by atoms with Crippen molar-refractivity contribution in [2.45, 2.75) is 26.7 Å². The first-order valence-corrected chi connectivity index (χ1v) is 7.02. The molecule has 1 aromatic heterocycles. The Kier molecular flexibility index (Phi) is 4.68. The second kappa shape index (κ2) is 6.29. The Hall–Kier alpha value is -1.52. The SMILES string of the molecule is CCCc1nc(N)c(C)c(Oc2ccc(Cl)cc2Cl)n1. The molecular weight excluding hydrogens is 297 g/mol. The van der Waals surface area contributed by atoms with E-state index in [9.17, 15) is 0 Å². The molecular formula is C14H15Cl2N3O. The Morgan fingerprint density at radius 3 is 2.65 bits per heavy atom. The fraction of sp³-hybridized carbons (Fsp3) is 0.286. The maximum Gasteiger partial charge on any atom is 0.227 e. The maximum absolute atomic E-state index is 6.09. The van der Waals surface area contributed by atoms with Gasteiger partial charge < -0.3 is 10.5 Å². The van der Waals surface area contributed by atoms with Crippen LogP contribution in [0.5, 0.6) is 11.6 Å². The monoisotopic (exact) mass is 311 g/mol. The lowest BCUT2D eigenvalue weighted by molar-refractivity contribution is 0.455. The lowest BCUT2D eigenvalue weighted by Crippen LogP contribution is -2.05. The van der Waals surface area contributed by atoms with Gasteiger partial charge in [-0.05, 0) is 31.5 Å².